The van der Waals surface area contributed by atoms with Gasteiger partial charge in [0.2, 0.25) is 11.8 Å². The van der Waals surface area contributed by atoms with Gasteiger partial charge in [-0.2, -0.15) is 0 Å². The van der Waals surface area contributed by atoms with E-state index in [4.69, 9.17) is 0 Å². The van der Waals surface area contributed by atoms with Crippen LogP contribution >= 0.6 is 0 Å². The molecule has 184 valence electrons. The average Bonchev–Trinajstić information content (AvgIpc) is 2.77. The fourth-order valence-corrected chi connectivity index (χ4v) is 3.81. The Morgan fingerprint density at radius 1 is 1.00 bits per heavy atom. The van der Waals surface area contributed by atoms with Gasteiger partial charge in [-0.15, -0.1) is 0 Å². The van der Waals surface area contributed by atoms with Crippen molar-refractivity contribution in [1.82, 2.24) is 20.9 Å². The minimum absolute atomic E-state index is 0.0400. The molecule has 0 saturated carbocycles. The van der Waals surface area contributed by atoms with Gasteiger partial charge in [0.05, 0.1) is 17.0 Å². The summed E-state index contributed by atoms with van der Waals surface area (Å²) >= 11 is 0. The van der Waals surface area contributed by atoms with E-state index in [1.807, 2.05) is 13.8 Å². The molecule has 0 aliphatic heterocycles. The average molecular weight is 471 g/mol. The molecule has 0 fully saturated rings. The zero-order valence-electron chi connectivity index (χ0n) is 20.5. The maximum absolute atomic E-state index is 13.3. The summed E-state index contributed by atoms with van der Waals surface area (Å²) < 4.78 is 0. The SMILES string of the molecule is CNC(=O)[C@@H](NC(=O)[C@H](CC(C)C)[C@H](NC(=O)c1cccc2cccnc12)C(=O)O)C(C)(C)C. The van der Waals surface area contributed by atoms with E-state index in [0.717, 1.165) is 5.39 Å². The lowest BCUT2D eigenvalue weighted by molar-refractivity contribution is -0.145. The summed E-state index contributed by atoms with van der Waals surface area (Å²) in [6.45, 7) is 9.11. The molecule has 0 spiro atoms. The predicted molar refractivity (Wildman–Crippen MR) is 129 cm³/mol. The normalized spacial score (nSPS) is 14.2. The van der Waals surface area contributed by atoms with Crippen molar-refractivity contribution in [3.8, 4) is 0 Å². The van der Waals surface area contributed by atoms with Crippen molar-refractivity contribution >= 4 is 34.6 Å². The molecule has 9 nitrogen and oxygen atoms in total. The molecule has 3 atom stereocenters. The first-order chi connectivity index (χ1) is 15.9. The first kappa shape index (κ1) is 26.8. The summed E-state index contributed by atoms with van der Waals surface area (Å²) in [5.74, 6) is -4.12. The van der Waals surface area contributed by atoms with Crippen molar-refractivity contribution in [3.05, 3.63) is 42.1 Å². The summed E-state index contributed by atoms with van der Waals surface area (Å²) in [4.78, 5) is 55.3. The molecule has 3 amide bonds. The van der Waals surface area contributed by atoms with Crippen LogP contribution < -0.4 is 16.0 Å². The molecule has 34 heavy (non-hydrogen) atoms. The van der Waals surface area contributed by atoms with Crippen LogP contribution in [0.3, 0.4) is 0 Å². The maximum Gasteiger partial charge on any atom is 0.327 e. The second-order valence-corrected chi connectivity index (χ2v) is 9.83. The maximum atomic E-state index is 13.3. The van der Waals surface area contributed by atoms with Gasteiger partial charge in [0, 0.05) is 18.6 Å². The predicted octanol–water partition coefficient (Wildman–Crippen LogP) is 2.36. The van der Waals surface area contributed by atoms with E-state index in [1.54, 1.807) is 57.3 Å². The van der Waals surface area contributed by atoms with Crippen LogP contribution in [0.2, 0.25) is 0 Å². The first-order valence-corrected chi connectivity index (χ1v) is 11.3. The largest absolute Gasteiger partial charge is 0.480 e. The Kier molecular flexibility index (Phi) is 8.73. The molecule has 1 heterocycles. The van der Waals surface area contributed by atoms with Gasteiger partial charge >= 0.3 is 5.97 Å². The number of benzene rings is 1. The Bertz CT molecular complexity index is 1060. The summed E-state index contributed by atoms with van der Waals surface area (Å²) in [7, 11) is 1.47. The lowest BCUT2D eigenvalue weighted by atomic mass is 9.84. The lowest BCUT2D eigenvalue weighted by Gasteiger charge is -2.33. The van der Waals surface area contributed by atoms with E-state index in [1.165, 1.54) is 7.05 Å². The molecule has 0 saturated heterocycles. The molecule has 4 N–H and O–H groups in total. The highest BCUT2D eigenvalue weighted by atomic mass is 16.4. The van der Waals surface area contributed by atoms with Crippen molar-refractivity contribution in [2.24, 2.45) is 17.3 Å². The smallest absolute Gasteiger partial charge is 0.327 e. The number of fused-ring (bicyclic) bond motifs is 1. The molecule has 1 aromatic heterocycles. The number of carboxylic acids is 1. The van der Waals surface area contributed by atoms with Crippen molar-refractivity contribution in [1.29, 1.82) is 0 Å². The highest BCUT2D eigenvalue weighted by Crippen LogP contribution is 2.23. The Balaban J connectivity index is 2.39. The van der Waals surface area contributed by atoms with Crippen LogP contribution in [0.15, 0.2) is 36.5 Å². The molecule has 9 heteroatoms. The number of nitrogens with one attached hydrogen (secondary N) is 3. The molecule has 0 bridgehead atoms. The monoisotopic (exact) mass is 470 g/mol. The number of hydrogen-bond donors (Lipinski definition) is 4. The Hall–Kier alpha value is -3.49. The first-order valence-electron chi connectivity index (χ1n) is 11.3. The van der Waals surface area contributed by atoms with E-state index < -0.39 is 41.2 Å². The van der Waals surface area contributed by atoms with Gasteiger partial charge in [-0.1, -0.05) is 52.8 Å². The van der Waals surface area contributed by atoms with Crippen molar-refractivity contribution in [2.45, 2.75) is 53.1 Å². The van der Waals surface area contributed by atoms with Gasteiger partial charge in [0.25, 0.3) is 5.91 Å². The number of amides is 3. The molecule has 0 radical (unpaired) electrons. The van der Waals surface area contributed by atoms with Crippen LogP contribution in [0, 0.1) is 17.3 Å². The molecule has 2 aromatic rings. The van der Waals surface area contributed by atoms with Gasteiger partial charge in [0.1, 0.15) is 12.1 Å². The number of nitrogens with zero attached hydrogens (tertiary/aromatic N) is 1. The standard InChI is InChI=1S/C25H34N4O5/c1-14(2)13-17(22(31)29-20(23(32)26-6)25(3,4)5)19(24(33)34)28-21(30)16-11-7-9-15-10-8-12-27-18(15)16/h7-12,14,17,19-20H,13H2,1-6H3,(H,26,32)(H,28,30)(H,29,31)(H,33,34)/t17-,19+,20-/m1/s1. The minimum atomic E-state index is -1.50. The summed E-state index contributed by atoms with van der Waals surface area (Å²) in [6.07, 6.45) is 1.75. The van der Waals surface area contributed by atoms with E-state index in [9.17, 15) is 24.3 Å². The molecular weight excluding hydrogens is 436 g/mol. The van der Waals surface area contributed by atoms with Gasteiger partial charge in [-0.05, 0) is 29.9 Å². The van der Waals surface area contributed by atoms with Gasteiger partial charge in [-0.3, -0.25) is 19.4 Å². The topological polar surface area (TPSA) is 137 Å². The summed E-state index contributed by atoms with van der Waals surface area (Å²) in [5.41, 5.74) is 0.0317. The fraction of sp³-hybridized carbons (Fsp3) is 0.480. The Labute approximate surface area is 199 Å². The van der Waals surface area contributed by atoms with E-state index in [0.29, 0.717) is 5.52 Å². The quantitative estimate of drug-likeness (QED) is 0.444. The highest BCUT2D eigenvalue weighted by Gasteiger charge is 2.39. The van der Waals surface area contributed by atoms with Gasteiger partial charge in [-0.25, -0.2) is 4.79 Å². The molecule has 0 aliphatic rings. The number of pyridine rings is 1. The van der Waals surface area contributed by atoms with Crippen LogP contribution in [0.5, 0.6) is 0 Å². The number of carbonyl (C=O) groups is 4. The van der Waals surface area contributed by atoms with Crippen LogP contribution in [0.25, 0.3) is 10.9 Å². The molecule has 0 unspecified atom stereocenters. The third kappa shape index (κ3) is 6.52. The number of likely N-dealkylation sites (N-methyl/N-ethyl adjacent to an activating group) is 1. The van der Waals surface area contributed by atoms with Gasteiger partial charge in [0.15, 0.2) is 0 Å². The number of aliphatic carboxylic acids is 1. The molecule has 2 rings (SSSR count). The molecule has 1 aromatic carbocycles. The van der Waals surface area contributed by atoms with Crippen LogP contribution in [-0.4, -0.2) is 52.9 Å². The van der Waals surface area contributed by atoms with Crippen molar-refractivity contribution in [2.75, 3.05) is 7.05 Å². The number of hydrogen-bond acceptors (Lipinski definition) is 5. The Morgan fingerprint density at radius 2 is 1.65 bits per heavy atom. The van der Waals surface area contributed by atoms with Crippen molar-refractivity contribution < 1.29 is 24.3 Å². The highest BCUT2D eigenvalue weighted by molar-refractivity contribution is 6.07. The third-order valence-electron chi connectivity index (χ3n) is 5.56. The van der Waals surface area contributed by atoms with Gasteiger partial charge < -0.3 is 21.1 Å². The number of carboxylic acid groups (broad SMARTS) is 1. The van der Waals surface area contributed by atoms with E-state index in [-0.39, 0.29) is 23.8 Å². The third-order valence-corrected chi connectivity index (χ3v) is 5.56. The zero-order chi connectivity index (χ0) is 25.6. The van der Waals surface area contributed by atoms with Crippen LogP contribution in [0.1, 0.15) is 51.4 Å². The number of aromatic nitrogens is 1. The number of para-hydroxylation sites is 1. The van der Waals surface area contributed by atoms with Crippen LogP contribution in [-0.2, 0) is 14.4 Å². The molecule has 0 aliphatic carbocycles. The second kappa shape index (κ2) is 11.1. The minimum Gasteiger partial charge on any atom is -0.480 e. The summed E-state index contributed by atoms with van der Waals surface area (Å²) in [5, 5.41) is 18.5. The molecular formula is C25H34N4O5. The van der Waals surface area contributed by atoms with E-state index in [2.05, 4.69) is 20.9 Å². The van der Waals surface area contributed by atoms with Crippen molar-refractivity contribution in [3.63, 3.8) is 0 Å². The number of rotatable bonds is 9. The van der Waals surface area contributed by atoms with E-state index >= 15 is 0 Å². The zero-order valence-corrected chi connectivity index (χ0v) is 20.5. The van der Waals surface area contributed by atoms with Crippen LogP contribution in [0.4, 0.5) is 0 Å². The second-order valence-electron chi connectivity index (χ2n) is 9.83. The summed E-state index contributed by atoms with van der Waals surface area (Å²) in [6, 6.07) is 6.20. The fourth-order valence-electron chi connectivity index (χ4n) is 3.81. The number of carbonyl (C=O) groups excluding carboxylic acids is 3. The lowest BCUT2D eigenvalue weighted by Crippen LogP contribution is -2.58. The Morgan fingerprint density at radius 3 is 2.21 bits per heavy atom.